The number of H-pyrrole nitrogens is 1. The number of aromatic nitrogens is 4. The van der Waals surface area contributed by atoms with Crippen molar-refractivity contribution in [3.05, 3.63) is 41.7 Å². The van der Waals surface area contributed by atoms with E-state index in [1.165, 1.54) is 0 Å². The Morgan fingerprint density at radius 3 is 3.25 bits per heavy atom. The lowest BCUT2D eigenvalue weighted by atomic mass is 10.2. The van der Waals surface area contributed by atoms with Crippen LogP contribution in [0.25, 0.3) is 4.96 Å². The van der Waals surface area contributed by atoms with Crippen LogP contribution < -0.4 is 5.32 Å². The maximum atomic E-state index is 11.8. The fourth-order valence-electron chi connectivity index (χ4n) is 2.01. The SMILES string of the molecule is O=C(Cc1cn2ccsc2n1)NCCCc1ncc[nH]1. The standard InChI is InChI=1S/C13H15N5OS/c19-12(16-3-1-2-11-14-4-5-15-11)8-10-9-18-6-7-20-13(18)17-10/h4-7,9H,1-3,8H2,(H,14,15)(H,16,19). The maximum absolute atomic E-state index is 11.8. The van der Waals surface area contributed by atoms with Crippen molar-refractivity contribution in [3.8, 4) is 0 Å². The molecule has 6 nitrogen and oxygen atoms in total. The molecule has 0 bridgehead atoms. The number of carbonyl (C=O) groups excluding carboxylic acids is 1. The topological polar surface area (TPSA) is 75.1 Å². The van der Waals surface area contributed by atoms with Gasteiger partial charge in [-0.1, -0.05) is 0 Å². The third kappa shape index (κ3) is 3.05. The van der Waals surface area contributed by atoms with Gasteiger partial charge in [0.05, 0.1) is 12.1 Å². The molecule has 0 radical (unpaired) electrons. The van der Waals surface area contributed by atoms with Gasteiger partial charge in [-0.15, -0.1) is 11.3 Å². The van der Waals surface area contributed by atoms with Crippen LogP contribution in [0, 0.1) is 0 Å². The number of rotatable bonds is 6. The number of aromatic amines is 1. The predicted octanol–water partition coefficient (Wildman–Crippen LogP) is 1.41. The molecule has 7 heteroatoms. The molecule has 3 aromatic rings. The molecule has 3 aromatic heterocycles. The van der Waals surface area contributed by atoms with Crippen LogP contribution in [-0.2, 0) is 17.6 Å². The maximum Gasteiger partial charge on any atom is 0.226 e. The van der Waals surface area contributed by atoms with Crippen molar-refractivity contribution in [1.29, 1.82) is 0 Å². The van der Waals surface area contributed by atoms with Gasteiger partial charge in [-0.3, -0.25) is 9.20 Å². The third-order valence-corrected chi connectivity index (χ3v) is 3.72. The molecule has 1 amide bonds. The van der Waals surface area contributed by atoms with Gasteiger partial charge in [0.2, 0.25) is 5.91 Å². The Labute approximate surface area is 119 Å². The lowest BCUT2D eigenvalue weighted by Crippen LogP contribution is -2.26. The minimum atomic E-state index is 0.00944. The number of nitrogens with one attached hydrogen (secondary N) is 2. The van der Waals surface area contributed by atoms with Gasteiger partial charge < -0.3 is 10.3 Å². The summed E-state index contributed by atoms with van der Waals surface area (Å²) in [5, 5.41) is 4.88. The molecule has 2 N–H and O–H groups in total. The Morgan fingerprint density at radius 1 is 1.50 bits per heavy atom. The molecule has 3 rings (SSSR count). The van der Waals surface area contributed by atoms with Crippen molar-refractivity contribution in [2.45, 2.75) is 19.3 Å². The van der Waals surface area contributed by atoms with E-state index in [1.807, 2.05) is 22.2 Å². The van der Waals surface area contributed by atoms with E-state index >= 15 is 0 Å². The number of imidazole rings is 2. The largest absolute Gasteiger partial charge is 0.356 e. The van der Waals surface area contributed by atoms with Crippen molar-refractivity contribution in [2.24, 2.45) is 0 Å². The molecular weight excluding hydrogens is 274 g/mol. The third-order valence-electron chi connectivity index (χ3n) is 2.95. The van der Waals surface area contributed by atoms with E-state index < -0.39 is 0 Å². The Kier molecular flexibility index (Phi) is 3.78. The number of amides is 1. The molecular formula is C13H15N5OS. The zero-order chi connectivity index (χ0) is 13.8. The fraction of sp³-hybridized carbons (Fsp3) is 0.308. The number of fused-ring (bicyclic) bond motifs is 1. The second kappa shape index (κ2) is 5.87. The fourth-order valence-corrected chi connectivity index (χ4v) is 2.73. The highest BCUT2D eigenvalue weighted by atomic mass is 32.1. The minimum absolute atomic E-state index is 0.00944. The lowest BCUT2D eigenvalue weighted by Gasteiger charge is -2.02. The van der Waals surface area contributed by atoms with Gasteiger partial charge >= 0.3 is 0 Å². The van der Waals surface area contributed by atoms with Crippen LogP contribution in [0.1, 0.15) is 17.9 Å². The quantitative estimate of drug-likeness (QED) is 0.674. The minimum Gasteiger partial charge on any atom is -0.356 e. The van der Waals surface area contributed by atoms with E-state index in [9.17, 15) is 4.79 Å². The van der Waals surface area contributed by atoms with Gasteiger partial charge in [-0.25, -0.2) is 9.97 Å². The van der Waals surface area contributed by atoms with Gasteiger partial charge in [0.15, 0.2) is 4.96 Å². The number of nitrogens with zero attached hydrogens (tertiary/aromatic N) is 3. The van der Waals surface area contributed by atoms with E-state index in [-0.39, 0.29) is 5.91 Å². The van der Waals surface area contributed by atoms with Crippen LogP contribution in [-0.4, -0.2) is 31.8 Å². The Balaban J connectivity index is 1.42. The molecule has 104 valence electrons. The average Bonchev–Trinajstić information content (AvgIpc) is 3.10. The predicted molar refractivity (Wildman–Crippen MR) is 76.7 cm³/mol. The van der Waals surface area contributed by atoms with Crippen LogP contribution in [0.5, 0.6) is 0 Å². The van der Waals surface area contributed by atoms with Crippen LogP contribution >= 0.6 is 11.3 Å². The number of thiazole rings is 1. The molecule has 0 aliphatic heterocycles. The highest BCUT2D eigenvalue weighted by molar-refractivity contribution is 7.15. The summed E-state index contributed by atoms with van der Waals surface area (Å²) in [4.78, 5) is 24.3. The van der Waals surface area contributed by atoms with Gasteiger partial charge in [0, 0.05) is 43.1 Å². The second-order valence-electron chi connectivity index (χ2n) is 4.49. The number of hydrogen-bond donors (Lipinski definition) is 2. The highest BCUT2D eigenvalue weighted by Crippen LogP contribution is 2.11. The van der Waals surface area contributed by atoms with Crippen LogP contribution in [0.15, 0.2) is 30.2 Å². The smallest absolute Gasteiger partial charge is 0.226 e. The van der Waals surface area contributed by atoms with Gasteiger partial charge in [-0.2, -0.15) is 0 Å². The van der Waals surface area contributed by atoms with Crippen LogP contribution in [0.4, 0.5) is 0 Å². The molecule has 0 spiro atoms. The van der Waals surface area contributed by atoms with E-state index in [4.69, 9.17) is 0 Å². The van der Waals surface area contributed by atoms with E-state index in [2.05, 4.69) is 20.3 Å². The van der Waals surface area contributed by atoms with Crippen molar-refractivity contribution in [2.75, 3.05) is 6.54 Å². The number of carbonyl (C=O) groups is 1. The van der Waals surface area contributed by atoms with Crippen molar-refractivity contribution >= 4 is 22.2 Å². The lowest BCUT2D eigenvalue weighted by molar-refractivity contribution is -0.120. The summed E-state index contributed by atoms with van der Waals surface area (Å²) in [5.74, 6) is 0.962. The average molecular weight is 289 g/mol. The molecule has 0 saturated heterocycles. The molecule has 0 atom stereocenters. The molecule has 0 aliphatic carbocycles. The summed E-state index contributed by atoms with van der Waals surface area (Å²) in [6.45, 7) is 0.655. The van der Waals surface area contributed by atoms with Gasteiger partial charge in [0.25, 0.3) is 0 Å². The molecule has 0 saturated carbocycles. The highest BCUT2D eigenvalue weighted by Gasteiger charge is 2.07. The normalized spacial score (nSPS) is 11.0. The number of aryl methyl sites for hydroxylation is 1. The van der Waals surface area contributed by atoms with Crippen LogP contribution in [0.3, 0.4) is 0 Å². The Morgan fingerprint density at radius 2 is 2.45 bits per heavy atom. The van der Waals surface area contributed by atoms with Crippen molar-refractivity contribution in [3.63, 3.8) is 0 Å². The van der Waals surface area contributed by atoms with Gasteiger partial charge in [0.1, 0.15) is 5.82 Å². The summed E-state index contributed by atoms with van der Waals surface area (Å²) in [5.41, 5.74) is 0.806. The summed E-state index contributed by atoms with van der Waals surface area (Å²) in [6.07, 6.45) is 9.42. The summed E-state index contributed by atoms with van der Waals surface area (Å²) in [7, 11) is 0. The summed E-state index contributed by atoms with van der Waals surface area (Å²) in [6, 6.07) is 0. The van der Waals surface area contributed by atoms with E-state index in [0.29, 0.717) is 13.0 Å². The molecule has 0 aromatic carbocycles. The van der Waals surface area contributed by atoms with Crippen molar-refractivity contribution in [1.82, 2.24) is 24.7 Å². The molecule has 0 fully saturated rings. The van der Waals surface area contributed by atoms with E-state index in [1.54, 1.807) is 23.7 Å². The number of hydrogen-bond acceptors (Lipinski definition) is 4. The zero-order valence-electron chi connectivity index (χ0n) is 10.9. The molecule has 0 unspecified atom stereocenters. The summed E-state index contributed by atoms with van der Waals surface area (Å²) >= 11 is 1.56. The Hall–Kier alpha value is -2.15. The monoisotopic (exact) mass is 289 g/mol. The van der Waals surface area contributed by atoms with Crippen molar-refractivity contribution < 1.29 is 4.79 Å². The molecule has 0 aliphatic rings. The van der Waals surface area contributed by atoms with E-state index in [0.717, 1.165) is 29.3 Å². The van der Waals surface area contributed by atoms with Crippen LogP contribution in [0.2, 0.25) is 0 Å². The first-order valence-electron chi connectivity index (χ1n) is 6.47. The molecule has 20 heavy (non-hydrogen) atoms. The summed E-state index contributed by atoms with van der Waals surface area (Å²) < 4.78 is 1.93. The first-order chi connectivity index (χ1) is 9.81. The second-order valence-corrected chi connectivity index (χ2v) is 5.36. The first kappa shape index (κ1) is 12.9. The molecule has 3 heterocycles. The van der Waals surface area contributed by atoms with Gasteiger partial charge in [-0.05, 0) is 6.42 Å². The first-order valence-corrected chi connectivity index (χ1v) is 7.35. The Bertz CT molecular complexity index is 656. The zero-order valence-corrected chi connectivity index (χ0v) is 11.7.